The van der Waals surface area contributed by atoms with Crippen LogP contribution < -0.4 is 24.8 Å². The summed E-state index contributed by atoms with van der Waals surface area (Å²) in [6.07, 6.45) is 1.19. The lowest BCUT2D eigenvalue weighted by atomic mass is 10.2. The van der Waals surface area contributed by atoms with Crippen molar-refractivity contribution in [3.8, 4) is 17.2 Å². The molecule has 2 N–H and O–H groups in total. The number of guanidine groups is 1. The zero-order valence-electron chi connectivity index (χ0n) is 17.2. The molecule has 0 atom stereocenters. The summed E-state index contributed by atoms with van der Waals surface area (Å²) in [6.45, 7) is 4.14. The van der Waals surface area contributed by atoms with Crippen molar-refractivity contribution in [1.82, 2.24) is 10.6 Å². The molecule has 1 aromatic carbocycles. The van der Waals surface area contributed by atoms with Crippen LogP contribution in [-0.4, -0.2) is 74.0 Å². The van der Waals surface area contributed by atoms with E-state index >= 15 is 0 Å². The van der Waals surface area contributed by atoms with Gasteiger partial charge in [-0.1, -0.05) is 0 Å². The molecule has 0 aliphatic carbocycles. The summed E-state index contributed by atoms with van der Waals surface area (Å²) in [6, 6.07) is 3.70. The molecular formula is C18H31N3O6S. The lowest BCUT2D eigenvalue weighted by Gasteiger charge is -2.14. The molecule has 0 radical (unpaired) electrons. The molecule has 0 aliphatic heterocycles. The second-order valence-corrected chi connectivity index (χ2v) is 8.16. The maximum absolute atomic E-state index is 11.1. The van der Waals surface area contributed by atoms with Gasteiger partial charge in [-0.25, -0.2) is 13.4 Å². The Morgan fingerprint density at radius 1 is 1.04 bits per heavy atom. The number of nitrogens with one attached hydrogen (secondary N) is 2. The zero-order chi connectivity index (χ0) is 21.0. The fourth-order valence-electron chi connectivity index (χ4n) is 2.29. The van der Waals surface area contributed by atoms with Crippen molar-refractivity contribution in [3.63, 3.8) is 0 Å². The summed E-state index contributed by atoms with van der Waals surface area (Å²) in [5, 5.41) is 6.29. The van der Waals surface area contributed by atoms with Crippen molar-refractivity contribution in [1.29, 1.82) is 0 Å². The van der Waals surface area contributed by atoms with Gasteiger partial charge in [-0.15, -0.1) is 0 Å². The van der Waals surface area contributed by atoms with Gasteiger partial charge in [-0.05, 0) is 24.6 Å². The molecule has 160 valence electrons. The Morgan fingerprint density at radius 3 is 2.18 bits per heavy atom. The smallest absolute Gasteiger partial charge is 0.203 e. The number of benzene rings is 1. The predicted octanol–water partition coefficient (Wildman–Crippen LogP) is 0.829. The first-order valence-corrected chi connectivity index (χ1v) is 11.0. The van der Waals surface area contributed by atoms with Crippen molar-refractivity contribution in [2.45, 2.75) is 13.5 Å². The highest BCUT2D eigenvalue weighted by Crippen LogP contribution is 2.38. The fourth-order valence-corrected chi connectivity index (χ4v) is 2.71. The first kappa shape index (κ1) is 23.8. The van der Waals surface area contributed by atoms with Gasteiger partial charge in [0, 0.05) is 19.3 Å². The summed E-state index contributed by atoms with van der Waals surface area (Å²) in [7, 11) is 1.69. The van der Waals surface area contributed by atoms with Crippen molar-refractivity contribution in [2.24, 2.45) is 4.99 Å². The SMILES string of the molecule is CCNC(=NCc1cc(OC)c(OC)c(OC)c1)NCCOCCS(C)(=O)=O. The number of hydrogen-bond donors (Lipinski definition) is 2. The number of aliphatic imine (C=N–C) groups is 1. The first-order valence-electron chi connectivity index (χ1n) is 8.91. The van der Waals surface area contributed by atoms with E-state index in [4.69, 9.17) is 18.9 Å². The van der Waals surface area contributed by atoms with E-state index in [1.165, 1.54) is 6.26 Å². The molecule has 0 heterocycles. The first-order chi connectivity index (χ1) is 13.3. The summed E-state index contributed by atoms with van der Waals surface area (Å²) >= 11 is 0. The Morgan fingerprint density at radius 2 is 1.68 bits per heavy atom. The molecule has 0 amide bonds. The van der Waals surface area contributed by atoms with E-state index in [-0.39, 0.29) is 12.4 Å². The van der Waals surface area contributed by atoms with E-state index < -0.39 is 9.84 Å². The lowest BCUT2D eigenvalue weighted by Crippen LogP contribution is -2.39. The molecule has 1 rings (SSSR count). The standard InChI is InChI=1S/C18H31N3O6S/c1-6-19-18(20-7-8-27-9-10-28(5,22)23)21-13-14-11-15(24-2)17(26-4)16(12-14)25-3/h11-12H,6-10,13H2,1-5H3,(H2,19,20,21). The third-order valence-electron chi connectivity index (χ3n) is 3.63. The normalized spacial score (nSPS) is 11.8. The number of nitrogens with zero attached hydrogens (tertiary/aromatic N) is 1. The van der Waals surface area contributed by atoms with Crippen LogP contribution >= 0.6 is 0 Å². The van der Waals surface area contributed by atoms with E-state index in [9.17, 15) is 8.42 Å². The molecule has 0 unspecified atom stereocenters. The minimum atomic E-state index is -3.00. The Hall–Kier alpha value is -2.20. The summed E-state index contributed by atoms with van der Waals surface area (Å²) < 4.78 is 43.5. The van der Waals surface area contributed by atoms with Crippen LogP contribution in [0.3, 0.4) is 0 Å². The van der Waals surface area contributed by atoms with Crippen LogP contribution in [0.4, 0.5) is 0 Å². The molecule has 9 nitrogen and oxygen atoms in total. The van der Waals surface area contributed by atoms with Crippen molar-refractivity contribution >= 4 is 15.8 Å². The Balaban J connectivity index is 2.66. The molecule has 0 aliphatic rings. The van der Waals surface area contributed by atoms with Gasteiger partial charge in [0.15, 0.2) is 17.5 Å². The molecule has 0 bridgehead atoms. The van der Waals surface area contributed by atoms with Gasteiger partial charge in [0.1, 0.15) is 9.84 Å². The third-order valence-corrected chi connectivity index (χ3v) is 4.53. The van der Waals surface area contributed by atoms with Crippen LogP contribution in [0, 0.1) is 0 Å². The Bertz CT molecular complexity index is 712. The van der Waals surface area contributed by atoms with E-state index in [0.29, 0.717) is 49.4 Å². The minimum absolute atomic E-state index is 0.0162. The highest BCUT2D eigenvalue weighted by Gasteiger charge is 2.13. The van der Waals surface area contributed by atoms with Gasteiger partial charge in [0.25, 0.3) is 0 Å². The minimum Gasteiger partial charge on any atom is -0.493 e. The summed E-state index contributed by atoms with van der Waals surface area (Å²) in [4.78, 5) is 4.54. The summed E-state index contributed by atoms with van der Waals surface area (Å²) in [5.74, 6) is 2.33. The zero-order valence-corrected chi connectivity index (χ0v) is 18.0. The van der Waals surface area contributed by atoms with Crippen LogP contribution in [0.1, 0.15) is 12.5 Å². The maximum atomic E-state index is 11.1. The van der Waals surface area contributed by atoms with Crippen LogP contribution in [0.15, 0.2) is 17.1 Å². The van der Waals surface area contributed by atoms with Crippen LogP contribution in [0.25, 0.3) is 0 Å². The van der Waals surface area contributed by atoms with E-state index in [1.807, 2.05) is 19.1 Å². The lowest BCUT2D eigenvalue weighted by molar-refractivity contribution is 0.154. The van der Waals surface area contributed by atoms with Gasteiger partial charge in [-0.2, -0.15) is 0 Å². The van der Waals surface area contributed by atoms with E-state index in [2.05, 4.69) is 15.6 Å². The monoisotopic (exact) mass is 417 g/mol. The molecule has 28 heavy (non-hydrogen) atoms. The van der Waals surface area contributed by atoms with Crippen molar-refractivity contribution in [2.75, 3.05) is 59.6 Å². The van der Waals surface area contributed by atoms with Crippen molar-refractivity contribution in [3.05, 3.63) is 17.7 Å². The molecule has 0 saturated heterocycles. The Labute approximate surface area is 167 Å². The van der Waals surface area contributed by atoms with Gasteiger partial charge in [-0.3, -0.25) is 0 Å². The molecule has 0 saturated carbocycles. The predicted molar refractivity (Wildman–Crippen MR) is 109 cm³/mol. The van der Waals surface area contributed by atoms with Crippen LogP contribution in [-0.2, 0) is 21.1 Å². The average molecular weight is 418 g/mol. The highest BCUT2D eigenvalue weighted by molar-refractivity contribution is 7.90. The second-order valence-electron chi connectivity index (χ2n) is 5.90. The van der Waals surface area contributed by atoms with Crippen LogP contribution in [0.2, 0.25) is 0 Å². The number of methoxy groups -OCH3 is 3. The molecule has 10 heteroatoms. The number of ether oxygens (including phenoxy) is 4. The number of hydrogen-bond acceptors (Lipinski definition) is 7. The highest BCUT2D eigenvalue weighted by atomic mass is 32.2. The fraction of sp³-hybridized carbons (Fsp3) is 0.611. The van der Waals surface area contributed by atoms with Crippen molar-refractivity contribution < 1.29 is 27.4 Å². The van der Waals surface area contributed by atoms with Gasteiger partial charge in [0.2, 0.25) is 5.75 Å². The second kappa shape index (κ2) is 12.3. The molecular weight excluding hydrogens is 386 g/mol. The topological polar surface area (TPSA) is 107 Å². The quantitative estimate of drug-likeness (QED) is 0.293. The maximum Gasteiger partial charge on any atom is 0.203 e. The largest absolute Gasteiger partial charge is 0.493 e. The van der Waals surface area contributed by atoms with Gasteiger partial charge >= 0.3 is 0 Å². The van der Waals surface area contributed by atoms with Gasteiger partial charge < -0.3 is 29.6 Å². The van der Waals surface area contributed by atoms with Gasteiger partial charge in [0.05, 0.1) is 46.8 Å². The van der Waals surface area contributed by atoms with E-state index in [0.717, 1.165) is 5.56 Å². The molecule has 0 spiro atoms. The van der Waals surface area contributed by atoms with E-state index in [1.54, 1.807) is 21.3 Å². The molecule has 1 aromatic rings. The molecule has 0 fully saturated rings. The number of sulfone groups is 1. The average Bonchev–Trinajstić information content (AvgIpc) is 2.66. The Kier molecular flexibility index (Phi) is 10.5. The number of rotatable bonds is 12. The third kappa shape index (κ3) is 8.66. The van der Waals surface area contributed by atoms with Crippen LogP contribution in [0.5, 0.6) is 17.2 Å². The molecule has 0 aromatic heterocycles. The summed E-state index contributed by atoms with van der Waals surface area (Å²) in [5.41, 5.74) is 0.899.